The van der Waals surface area contributed by atoms with E-state index in [9.17, 15) is 23.1 Å². The number of ether oxygens (including phenoxy) is 2. The lowest BCUT2D eigenvalue weighted by Crippen LogP contribution is -2.35. The lowest BCUT2D eigenvalue weighted by molar-refractivity contribution is -0.192. The molecule has 3 aromatic rings. The van der Waals surface area contributed by atoms with Crippen LogP contribution in [-0.4, -0.2) is 60.1 Å². The summed E-state index contributed by atoms with van der Waals surface area (Å²) in [6, 6.07) is 18.4. The molecular weight excluding hydrogens is 565 g/mol. The van der Waals surface area contributed by atoms with Crippen LogP contribution in [0.5, 0.6) is 11.5 Å². The minimum Gasteiger partial charge on any atom is -0.497 e. The highest BCUT2D eigenvalue weighted by molar-refractivity contribution is 5.79. The molecule has 1 aliphatic heterocycles. The van der Waals surface area contributed by atoms with E-state index < -0.39 is 18.1 Å². The van der Waals surface area contributed by atoms with Crippen molar-refractivity contribution >= 4 is 17.6 Å². The highest BCUT2D eigenvalue weighted by Crippen LogP contribution is 2.45. The van der Waals surface area contributed by atoms with Gasteiger partial charge in [-0.15, -0.1) is 0 Å². The summed E-state index contributed by atoms with van der Waals surface area (Å²) in [4.78, 5) is 27.0. The van der Waals surface area contributed by atoms with Crippen LogP contribution in [0, 0.1) is 11.8 Å². The number of hydrogen-bond acceptors (Lipinski definition) is 6. The highest BCUT2D eigenvalue weighted by Gasteiger charge is 2.38. The summed E-state index contributed by atoms with van der Waals surface area (Å²) in [5.74, 6) is -0.719. The third kappa shape index (κ3) is 9.10. The average Bonchev–Trinajstić information content (AvgIpc) is 3.85. The van der Waals surface area contributed by atoms with Gasteiger partial charge in [0.05, 0.1) is 20.1 Å². The van der Waals surface area contributed by atoms with Crippen LogP contribution in [0.4, 0.5) is 18.9 Å². The van der Waals surface area contributed by atoms with Crippen molar-refractivity contribution in [3.63, 3.8) is 0 Å². The van der Waals surface area contributed by atoms with Gasteiger partial charge in [0.2, 0.25) is 0 Å². The number of halogens is 3. The second-order valence-corrected chi connectivity index (χ2v) is 10.8. The molecule has 2 fully saturated rings. The number of hydrogen-bond donors (Lipinski definition) is 2. The zero-order valence-electron chi connectivity index (χ0n) is 23.8. The zero-order valence-corrected chi connectivity index (χ0v) is 23.8. The van der Waals surface area contributed by atoms with Crippen molar-refractivity contribution in [2.45, 2.75) is 44.2 Å². The van der Waals surface area contributed by atoms with Gasteiger partial charge in [0.15, 0.2) is 0 Å². The molecule has 5 rings (SSSR count). The summed E-state index contributed by atoms with van der Waals surface area (Å²) in [6.07, 6.45) is 3.16. The molecule has 0 spiro atoms. The fraction of sp³-hybridized carbons (Fsp3) is 0.406. The molecule has 2 aromatic carbocycles. The number of methoxy groups -OCH3 is 1. The van der Waals surface area contributed by atoms with Crippen LogP contribution in [0.15, 0.2) is 67.0 Å². The molecule has 2 heterocycles. The molecule has 2 N–H and O–H groups in total. The summed E-state index contributed by atoms with van der Waals surface area (Å²) in [6.45, 7) is 2.59. The third-order valence-electron chi connectivity index (χ3n) is 7.73. The number of carboxylic acid groups (broad SMARTS) is 2. The van der Waals surface area contributed by atoms with Crippen LogP contribution in [0.25, 0.3) is 11.1 Å². The van der Waals surface area contributed by atoms with Crippen LogP contribution < -0.4 is 14.4 Å². The zero-order chi connectivity index (χ0) is 31.0. The van der Waals surface area contributed by atoms with E-state index in [0.717, 1.165) is 61.4 Å². The molecular formula is C32H35F3N2O6. The van der Waals surface area contributed by atoms with Gasteiger partial charge in [-0.05, 0) is 79.3 Å². The predicted molar refractivity (Wildman–Crippen MR) is 155 cm³/mol. The minimum atomic E-state index is -5.08. The maximum absolute atomic E-state index is 11.4. The summed E-state index contributed by atoms with van der Waals surface area (Å²) in [5, 5.41) is 16.5. The summed E-state index contributed by atoms with van der Waals surface area (Å²) in [5.41, 5.74) is 4.54. The van der Waals surface area contributed by atoms with E-state index in [1.165, 1.54) is 11.3 Å². The standard InChI is InChI=1S/C30H34N2O4.C2HF3O2/c1-35-25-9-10-27(24-5-3-13-31-19-24)29(17-25)32-14-11-21(12-15-32)20-36-26-6-2-4-23(16-26)28(18-30(33)34)22-7-8-22;3-2(4,5)1(6)7/h2-6,9-10,13,16-17,19,21-22,28H,7-8,11-12,14-15,18,20H2,1H3,(H,33,34);(H,6,7). The molecule has 11 heteroatoms. The first-order chi connectivity index (χ1) is 20.5. The molecule has 1 aromatic heterocycles. The molecule has 0 amide bonds. The topological polar surface area (TPSA) is 109 Å². The maximum Gasteiger partial charge on any atom is 0.490 e. The van der Waals surface area contributed by atoms with Gasteiger partial charge in [0.1, 0.15) is 11.5 Å². The monoisotopic (exact) mass is 600 g/mol. The SMILES string of the molecule is COc1ccc(-c2cccnc2)c(N2CCC(COc3cccc(C(CC(=O)O)C4CC4)c3)CC2)c1.O=C(O)C(F)(F)F. The molecule has 0 bridgehead atoms. The molecule has 0 radical (unpaired) electrons. The number of benzene rings is 2. The van der Waals surface area contributed by atoms with E-state index in [4.69, 9.17) is 19.4 Å². The lowest BCUT2D eigenvalue weighted by atomic mass is 9.91. The van der Waals surface area contributed by atoms with Crippen molar-refractivity contribution in [3.05, 3.63) is 72.6 Å². The molecule has 1 atom stereocenters. The van der Waals surface area contributed by atoms with Crippen molar-refractivity contribution in [2.75, 3.05) is 31.7 Å². The minimum absolute atomic E-state index is 0.0890. The highest BCUT2D eigenvalue weighted by atomic mass is 19.4. The quantitative estimate of drug-likeness (QED) is 0.266. The molecule has 1 aliphatic carbocycles. The fourth-order valence-corrected chi connectivity index (χ4v) is 5.30. The van der Waals surface area contributed by atoms with Crippen LogP contribution in [-0.2, 0) is 9.59 Å². The van der Waals surface area contributed by atoms with Crippen molar-refractivity contribution in [3.8, 4) is 22.6 Å². The van der Waals surface area contributed by atoms with Crippen molar-refractivity contribution in [1.29, 1.82) is 0 Å². The van der Waals surface area contributed by atoms with Gasteiger partial charge in [-0.25, -0.2) is 4.79 Å². The Bertz CT molecular complexity index is 1370. The third-order valence-corrected chi connectivity index (χ3v) is 7.73. The number of carbonyl (C=O) groups is 2. The van der Waals surface area contributed by atoms with Crippen LogP contribution in [0.2, 0.25) is 0 Å². The van der Waals surface area contributed by atoms with Gasteiger partial charge >= 0.3 is 18.1 Å². The second-order valence-electron chi connectivity index (χ2n) is 10.8. The Morgan fingerprint density at radius 2 is 1.72 bits per heavy atom. The first-order valence-corrected chi connectivity index (χ1v) is 14.1. The van der Waals surface area contributed by atoms with Crippen LogP contribution in [0.3, 0.4) is 0 Å². The number of anilines is 1. The van der Waals surface area contributed by atoms with Gasteiger partial charge in [-0.3, -0.25) is 9.78 Å². The molecule has 1 unspecified atom stereocenters. The van der Waals surface area contributed by atoms with Crippen LogP contribution in [0.1, 0.15) is 43.6 Å². The molecule has 43 heavy (non-hydrogen) atoms. The number of rotatable bonds is 10. The Balaban J connectivity index is 0.000000541. The smallest absolute Gasteiger partial charge is 0.490 e. The number of piperidine rings is 1. The Kier molecular flexibility index (Phi) is 10.5. The van der Waals surface area contributed by atoms with Gasteiger partial charge in [0, 0.05) is 48.4 Å². The fourth-order valence-electron chi connectivity index (χ4n) is 5.30. The summed E-state index contributed by atoms with van der Waals surface area (Å²) in [7, 11) is 1.70. The average molecular weight is 601 g/mol. The van der Waals surface area contributed by atoms with Gasteiger partial charge < -0.3 is 24.6 Å². The van der Waals surface area contributed by atoms with Crippen molar-refractivity contribution in [2.24, 2.45) is 11.8 Å². The number of pyridine rings is 1. The van der Waals surface area contributed by atoms with E-state index in [1.54, 1.807) is 13.3 Å². The molecule has 1 saturated carbocycles. The number of aliphatic carboxylic acids is 2. The molecule has 230 valence electrons. The normalized spacial score (nSPS) is 16.0. The Hall–Kier alpha value is -4.28. The van der Waals surface area contributed by atoms with E-state index in [2.05, 4.69) is 34.1 Å². The molecule has 1 saturated heterocycles. The maximum atomic E-state index is 11.4. The van der Waals surface area contributed by atoms with Crippen molar-refractivity contribution < 1.29 is 42.4 Å². The number of aromatic nitrogens is 1. The van der Waals surface area contributed by atoms with Crippen molar-refractivity contribution in [1.82, 2.24) is 4.98 Å². The first-order valence-electron chi connectivity index (χ1n) is 14.1. The van der Waals surface area contributed by atoms with E-state index in [1.807, 2.05) is 36.5 Å². The molecule has 8 nitrogen and oxygen atoms in total. The van der Waals surface area contributed by atoms with Gasteiger partial charge in [-0.1, -0.05) is 18.2 Å². The Morgan fingerprint density at radius 3 is 2.30 bits per heavy atom. The number of alkyl halides is 3. The van der Waals surface area contributed by atoms with E-state index in [0.29, 0.717) is 18.4 Å². The second kappa shape index (κ2) is 14.3. The van der Waals surface area contributed by atoms with Gasteiger partial charge in [-0.2, -0.15) is 13.2 Å². The Morgan fingerprint density at radius 1 is 1.00 bits per heavy atom. The van der Waals surface area contributed by atoms with E-state index in [-0.39, 0.29) is 12.3 Å². The first kappa shape index (κ1) is 31.7. The van der Waals surface area contributed by atoms with Gasteiger partial charge in [0.25, 0.3) is 0 Å². The lowest BCUT2D eigenvalue weighted by Gasteiger charge is -2.35. The molecule has 2 aliphatic rings. The number of carboxylic acids is 2. The predicted octanol–water partition coefficient (Wildman–Crippen LogP) is 6.65. The number of nitrogens with zero attached hydrogens (tertiary/aromatic N) is 2. The largest absolute Gasteiger partial charge is 0.497 e. The summed E-state index contributed by atoms with van der Waals surface area (Å²) >= 11 is 0. The van der Waals surface area contributed by atoms with E-state index >= 15 is 0 Å². The Labute approximate surface area is 248 Å². The van der Waals surface area contributed by atoms with Crippen LogP contribution >= 0.6 is 0 Å². The summed E-state index contributed by atoms with van der Waals surface area (Å²) < 4.78 is 43.5.